The van der Waals surface area contributed by atoms with Gasteiger partial charge in [-0.1, -0.05) is 43.8 Å². The van der Waals surface area contributed by atoms with Crippen LogP contribution in [0.2, 0.25) is 0 Å². The van der Waals surface area contributed by atoms with Gasteiger partial charge < -0.3 is 10.1 Å². The minimum Gasteiger partial charge on any atom is -0.494 e. The van der Waals surface area contributed by atoms with E-state index in [9.17, 15) is 4.79 Å². The highest BCUT2D eigenvalue weighted by Crippen LogP contribution is 2.29. The molecule has 0 saturated heterocycles. The number of rotatable bonds is 9. The van der Waals surface area contributed by atoms with E-state index in [0.29, 0.717) is 23.5 Å². The minimum atomic E-state index is -0.0928. The van der Waals surface area contributed by atoms with Crippen LogP contribution in [0.1, 0.15) is 32.3 Å². The summed E-state index contributed by atoms with van der Waals surface area (Å²) in [4.78, 5) is 16.9. The third-order valence-electron chi connectivity index (χ3n) is 5.17. The van der Waals surface area contributed by atoms with Gasteiger partial charge in [-0.15, -0.1) is 10.2 Å². The number of thioether (sulfide) groups is 1. The van der Waals surface area contributed by atoms with Gasteiger partial charge in [-0.05, 0) is 60.9 Å². The van der Waals surface area contributed by atoms with Crippen molar-refractivity contribution in [3.63, 3.8) is 0 Å². The number of hydrogen-bond donors (Lipinski definition) is 1. The Kier molecular flexibility index (Phi) is 7.59. The molecular formula is C26H27N5O2S. The van der Waals surface area contributed by atoms with Gasteiger partial charge in [-0.3, -0.25) is 14.3 Å². The molecule has 0 atom stereocenters. The van der Waals surface area contributed by atoms with Gasteiger partial charge in [-0.25, -0.2) is 0 Å². The van der Waals surface area contributed by atoms with Gasteiger partial charge in [0.25, 0.3) is 0 Å². The highest BCUT2D eigenvalue weighted by Gasteiger charge is 2.18. The molecule has 34 heavy (non-hydrogen) atoms. The summed E-state index contributed by atoms with van der Waals surface area (Å²) in [6.45, 7) is 6.78. The lowest BCUT2D eigenvalue weighted by Crippen LogP contribution is -2.16. The van der Waals surface area contributed by atoms with Crippen LogP contribution < -0.4 is 10.1 Å². The number of para-hydroxylation sites is 1. The number of pyridine rings is 1. The molecule has 0 spiro atoms. The van der Waals surface area contributed by atoms with E-state index in [2.05, 4.69) is 34.3 Å². The maximum absolute atomic E-state index is 12.8. The summed E-state index contributed by atoms with van der Waals surface area (Å²) in [7, 11) is 0. The Hall–Kier alpha value is -3.65. The number of carbonyl (C=O) groups is 1. The summed E-state index contributed by atoms with van der Waals surface area (Å²) < 4.78 is 7.53. The molecule has 0 unspecified atom stereocenters. The Morgan fingerprint density at radius 1 is 1.03 bits per heavy atom. The fourth-order valence-electron chi connectivity index (χ4n) is 3.57. The summed E-state index contributed by atoms with van der Waals surface area (Å²) in [6, 6.07) is 19.4. The van der Waals surface area contributed by atoms with Crippen molar-refractivity contribution in [2.45, 2.75) is 31.8 Å². The average Bonchev–Trinajstić information content (AvgIpc) is 3.28. The first-order valence-electron chi connectivity index (χ1n) is 11.2. The number of aromatic nitrogens is 4. The van der Waals surface area contributed by atoms with Gasteiger partial charge in [0.2, 0.25) is 5.91 Å². The number of amides is 1. The zero-order chi connectivity index (χ0) is 23.9. The van der Waals surface area contributed by atoms with Crippen molar-refractivity contribution in [2.24, 2.45) is 0 Å². The Balaban J connectivity index is 1.58. The van der Waals surface area contributed by atoms with E-state index in [-0.39, 0.29) is 11.7 Å². The molecule has 7 nitrogen and oxygen atoms in total. The number of carbonyl (C=O) groups excluding carboxylic acids is 1. The normalized spacial score (nSPS) is 10.9. The van der Waals surface area contributed by atoms with Crippen molar-refractivity contribution in [1.82, 2.24) is 19.7 Å². The fourth-order valence-corrected chi connectivity index (χ4v) is 4.32. The van der Waals surface area contributed by atoms with Crippen LogP contribution in [-0.4, -0.2) is 38.0 Å². The predicted molar refractivity (Wildman–Crippen MR) is 136 cm³/mol. The van der Waals surface area contributed by atoms with E-state index >= 15 is 0 Å². The molecule has 0 aliphatic carbocycles. The van der Waals surface area contributed by atoms with Crippen LogP contribution in [0.25, 0.3) is 17.1 Å². The van der Waals surface area contributed by atoms with E-state index < -0.39 is 0 Å². The summed E-state index contributed by atoms with van der Waals surface area (Å²) in [5.41, 5.74) is 3.72. The largest absolute Gasteiger partial charge is 0.494 e. The summed E-state index contributed by atoms with van der Waals surface area (Å²) >= 11 is 1.34. The fraction of sp³-hybridized carbons (Fsp3) is 0.231. The maximum Gasteiger partial charge on any atom is 0.234 e. The molecule has 4 rings (SSSR count). The smallest absolute Gasteiger partial charge is 0.234 e. The van der Waals surface area contributed by atoms with Crippen molar-refractivity contribution < 1.29 is 9.53 Å². The minimum absolute atomic E-state index is 0.0928. The summed E-state index contributed by atoms with van der Waals surface area (Å²) in [5.74, 6) is 1.90. The van der Waals surface area contributed by atoms with Gasteiger partial charge in [0.15, 0.2) is 11.0 Å². The number of benzene rings is 2. The average molecular weight is 474 g/mol. The number of ether oxygens (including phenoxy) is 1. The van der Waals surface area contributed by atoms with Crippen LogP contribution in [0.5, 0.6) is 5.75 Å². The highest BCUT2D eigenvalue weighted by molar-refractivity contribution is 7.99. The van der Waals surface area contributed by atoms with Crippen molar-refractivity contribution in [3.8, 4) is 22.8 Å². The van der Waals surface area contributed by atoms with Crippen molar-refractivity contribution in [3.05, 3.63) is 78.6 Å². The van der Waals surface area contributed by atoms with E-state index in [1.54, 1.807) is 12.4 Å². The maximum atomic E-state index is 12.8. The highest BCUT2D eigenvalue weighted by atomic mass is 32.2. The van der Waals surface area contributed by atoms with Crippen molar-refractivity contribution in [2.75, 3.05) is 17.7 Å². The van der Waals surface area contributed by atoms with Gasteiger partial charge >= 0.3 is 0 Å². The van der Waals surface area contributed by atoms with E-state index in [0.717, 1.165) is 28.3 Å². The topological polar surface area (TPSA) is 81.9 Å². The van der Waals surface area contributed by atoms with Crippen LogP contribution in [-0.2, 0) is 4.79 Å². The lowest BCUT2D eigenvalue weighted by Gasteiger charge is -2.14. The Bertz CT molecular complexity index is 1240. The number of nitrogens with zero attached hydrogens (tertiary/aromatic N) is 4. The molecule has 0 bridgehead atoms. The van der Waals surface area contributed by atoms with Crippen molar-refractivity contribution >= 4 is 23.4 Å². The first kappa shape index (κ1) is 23.5. The SMILES string of the molecule is CCOc1ccc(-n2c(SCC(=O)Nc3ccccc3C(C)C)nnc2-c2ccncc2)cc1. The van der Waals surface area contributed by atoms with E-state index in [1.165, 1.54) is 11.8 Å². The molecule has 0 aliphatic rings. The standard InChI is InChI=1S/C26H27N5O2S/c1-4-33-21-11-9-20(10-12-21)31-25(19-13-15-27-16-14-19)29-30-26(31)34-17-24(32)28-23-8-6-5-7-22(23)18(2)3/h5-16,18H,4,17H2,1-3H3,(H,28,32). The first-order valence-corrected chi connectivity index (χ1v) is 12.2. The number of hydrogen-bond acceptors (Lipinski definition) is 6. The monoisotopic (exact) mass is 473 g/mol. The van der Waals surface area contributed by atoms with Crippen LogP contribution in [0, 0.1) is 0 Å². The van der Waals surface area contributed by atoms with Gasteiger partial charge in [-0.2, -0.15) is 0 Å². The Labute approximate surface area is 203 Å². The van der Waals surface area contributed by atoms with Gasteiger partial charge in [0.05, 0.1) is 12.4 Å². The molecule has 8 heteroatoms. The summed E-state index contributed by atoms with van der Waals surface area (Å²) in [6.07, 6.45) is 3.44. The molecule has 4 aromatic rings. The molecule has 0 saturated carbocycles. The van der Waals surface area contributed by atoms with E-state index in [4.69, 9.17) is 4.74 Å². The summed E-state index contributed by atoms with van der Waals surface area (Å²) in [5, 5.41) is 12.5. The Morgan fingerprint density at radius 3 is 2.47 bits per heavy atom. The molecule has 1 amide bonds. The molecule has 2 aromatic carbocycles. The zero-order valence-electron chi connectivity index (χ0n) is 19.4. The lowest BCUT2D eigenvalue weighted by atomic mass is 10.0. The van der Waals surface area contributed by atoms with Crippen LogP contribution in [0.15, 0.2) is 78.2 Å². The lowest BCUT2D eigenvalue weighted by molar-refractivity contribution is -0.113. The second-order valence-corrected chi connectivity index (χ2v) is 8.83. The van der Waals surface area contributed by atoms with Crippen LogP contribution in [0.3, 0.4) is 0 Å². The second-order valence-electron chi connectivity index (χ2n) is 7.88. The number of anilines is 1. The van der Waals surface area contributed by atoms with Gasteiger partial charge in [0.1, 0.15) is 5.75 Å². The molecule has 174 valence electrons. The molecule has 1 N–H and O–H groups in total. The molecule has 2 heterocycles. The predicted octanol–water partition coefficient (Wildman–Crippen LogP) is 5.58. The number of nitrogens with one attached hydrogen (secondary N) is 1. The third kappa shape index (κ3) is 5.46. The third-order valence-corrected chi connectivity index (χ3v) is 6.10. The Morgan fingerprint density at radius 2 is 1.76 bits per heavy atom. The molecule has 2 aromatic heterocycles. The van der Waals surface area contributed by atoms with Crippen LogP contribution >= 0.6 is 11.8 Å². The van der Waals surface area contributed by atoms with Crippen molar-refractivity contribution in [1.29, 1.82) is 0 Å². The zero-order valence-corrected chi connectivity index (χ0v) is 20.2. The molecule has 0 fully saturated rings. The van der Waals surface area contributed by atoms with Crippen LogP contribution in [0.4, 0.5) is 5.69 Å². The quantitative estimate of drug-likeness (QED) is 0.320. The first-order chi connectivity index (χ1) is 16.6. The second kappa shape index (κ2) is 11.0. The molecule has 0 radical (unpaired) electrons. The molecule has 0 aliphatic heterocycles. The van der Waals surface area contributed by atoms with Gasteiger partial charge in [0, 0.05) is 29.3 Å². The molecular weight excluding hydrogens is 446 g/mol. The van der Waals surface area contributed by atoms with E-state index in [1.807, 2.05) is 72.2 Å².